The van der Waals surface area contributed by atoms with Crippen LogP contribution in [0.3, 0.4) is 0 Å². The van der Waals surface area contributed by atoms with Gasteiger partial charge in [0.2, 0.25) is 11.8 Å². The van der Waals surface area contributed by atoms with Crippen LogP contribution in [0.4, 0.5) is 0 Å². The molecular weight excluding hydrogens is 400 g/mol. The molecule has 31 heavy (non-hydrogen) atoms. The number of imide groups is 2. The zero-order valence-corrected chi connectivity index (χ0v) is 17.2. The maximum absolute atomic E-state index is 13.1. The van der Waals surface area contributed by atoms with Gasteiger partial charge in [-0.15, -0.1) is 0 Å². The fourth-order valence-electron chi connectivity index (χ4n) is 5.21. The van der Waals surface area contributed by atoms with Crippen LogP contribution < -0.4 is 16.0 Å². The third-order valence-electron chi connectivity index (χ3n) is 7.15. The van der Waals surface area contributed by atoms with Crippen molar-refractivity contribution in [2.75, 3.05) is 26.3 Å². The van der Waals surface area contributed by atoms with Crippen LogP contribution in [-0.2, 0) is 20.9 Å². The van der Waals surface area contributed by atoms with E-state index in [0.717, 1.165) is 49.6 Å². The zero-order valence-electron chi connectivity index (χ0n) is 17.2. The molecule has 4 heterocycles. The number of amides is 4. The predicted octanol–water partition coefficient (Wildman–Crippen LogP) is -0.0540. The van der Waals surface area contributed by atoms with Gasteiger partial charge in [-0.1, -0.05) is 12.1 Å². The van der Waals surface area contributed by atoms with Crippen LogP contribution in [-0.4, -0.2) is 66.9 Å². The molecule has 2 unspecified atom stereocenters. The summed E-state index contributed by atoms with van der Waals surface area (Å²) in [6.45, 7) is 3.84. The molecule has 1 aromatic carbocycles. The molecule has 1 spiro atoms. The number of rotatable bonds is 5. The van der Waals surface area contributed by atoms with E-state index >= 15 is 0 Å². The van der Waals surface area contributed by atoms with Gasteiger partial charge in [0.05, 0.1) is 11.1 Å². The molecule has 0 radical (unpaired) electrons. The monoisotopic (exact) mass is 426 g/mol. The molecular formula is C22H26N4O5. The molecule has 3 N–H and O–H groups in total. The van der Waals surface area contributed by atoms with Crippen molar-refractivity contribution in [2.24, 2.45) is 5.41 Å². The Kier molecular flexibility index (Phi) is 5.11. The van der Waals surface area contributed by atoms with E-state index in [9.17, 15) is 19.2 Å². The lowest BCUT2D eigenvalue weighted by Gasteiger charge is -2.52. The first-order valence-corrected chi connectivity index (χ1v) is 10.9. The number of carbonyl (C=O) groups excluding carboxylic acids is 4. The Labute approximate surface area is 179 Å². The van der Waals surface area contributed by atoms with Crippen LogP contribution in [0.1, 0.15) is 52.0 Å². The summed E-state index contributed by atoms with van der Waals surface area (Å²) in [5.74, 6) is -1.91. The van der Waals surface area contributed by atoms with Gasteiger partial charge in [-0.05, 0) is 30.9 Å². The summed E-state index contributed by atoms with van der Waals surface area (Å²) in [4.78, 5) is 50.8. The molecule has 1 aromatic rings. The van der Waals surface area contributed by atoms with Gasteiger partial charge in [-0.25, -0.2) is 0 Å². The molecule has 0 bridgehead atoms. The van der Waals surface area contributed by atoms with Gasteiger partial charge in [-0.2, -0.15) is 0 Å². The molecule has 9 heteroatoms. The Bertz CT molecular complexity index is 955. The average molecular weight is 426 g/mol. The van der Waals surface area contributed by atoms with E-state index in [-0.39, 0.29) is 24.2 Å². The molecule has 9 nitrogen and oxygen atoms in total. The highest BCUT2D eigenvalue weighted by atomic mass is 16.5. The van der Waals surface area contributed by atoms with Gasteiger partial charge in [-0.3, -0.25) is 29.4 Å². The van der Waals surface area contributed by atoms with Gasteiger partial charge >= 0.3 is 0 Å². The number of hydrogen-bond donors (Lipinski definition) is 3. The van der Waals surface area contributed by atoms with Crippen LogP contribution in [0.25, 0.3) is 0 Å². The Hall–Kier alpha value is -2.62. The van der Waals surface area contributed by atoms with Crippen molar-refractivity contribution in [2.45, 2.75) is 44.3 Å². The van der Waals surface area contributed by atoms with Crippen LogP contribution in [0, 0.1) is 5.41 Å². The first-order valence-electron chi connectivity index (χ1n) is 10.9. The van der Waals surface area contributed by atoms with E-state index in [1.165, 1.54) is 0 Å². The lowest BCUT2D eigenvalue weighted by molar-refractivity contribution is -0.136. The number of fused-ring (bicyclic) bond motifs is 1. The lowest BCUT2D eigenvalue weighted by Crippen LogP contribution is -2.67. The van der Waals surface area contributed by atoms with Gasteiger partial charge in [0.1, 0.15) is 6.04 Å². The molecule has 164 valence electrons. The van der Waals surface area contributed by atoms with Crippen molar-refractivity contribution in [3.05, 3.63) is 34.9 Å². The normalized spacial score (nSPS) is 27.3. The molecule has 4 aliphatic heterocycles. The van der Waals surface area contributed by atoms with Gasteiger partial charge in [0, 0.05) is 50.7 Å². The number of carbonyl (C=O) groups is 4. The second-order valence-electron chi connectivity index (χ2n) is 8.83. The van der Waals surface area contributed by atoms with Gasteiger partial charge in [0.15, 0.2) is 0 Å². The van der Waals surface area contributed by atoms with E-state index in [1.807, 2.05) is 6.07 Å². The Morgan fingerprint density at radius 2 is 1.94 bits per heavy atom. The Morgan fingerprint density at radius 3 is 2.65 bits per heavy atom. The summed E-state index contributed by atoms with van der Waals surface area (Å²) >= 11 is 0. The minimum absolute atomic E-state index is 0.111. The fourth-order valence-corrected chi connectivity index (χ4v) is 5.21. The topological polar surface area (TPSA) is 117 Å². The lowest BCUT2D eigenvalue weighted by atomic mass is 9.68. The summed E-state index contributed by atoms with van der Waals surface area (Å²) in [6.07, 6.45) is 2.38. The minimum atomic E-state index is -0.946. The van der Waals surface area contributed by atoms with Crippen molar-refractivity contribution in [1.82, 2.24) is 20.9 Å². The molecule has 2 atom stereocenters. The third kappa shape index (κ3) is 3.37. The van der Waals surface area contributed by atoms with Crippen molar-refractivity contribution in [3.8, 4) is 0 Å². The van der Waals surface area contributed by atoms with Gasteiger partial charge in [0.25, 0.3) is 11.8 Å². The van der Waals surface area contributed by atoms with E-state index in [4.69, 9.17) is 4.74 Å². The highest BCUT2D eigenvalue weighted by Gasteiger charge is 2.47. The zero-order chi connectivity index (χ0) is 21.6. The summed E-state index contributed by atoms with van der Waals surface area (Å²) < 4.78 is 5.50. The van der Waals surface area contributed by atoms with Crippen molar-refractivity contribution >= 4 is 23.6 Å². The smallest absolute Gasteiger partial charge is 0.262 e. The van der Waals surface area contributed by atoms with Crippen molar-refractivity contribution in [3.63, 3.8) is 0 Å². The Balaban J connectivity index is 1.28. The SMILES string of the molecule is O=C1CCC(N2C(=O)c3cccc(CNCC4NCC45CCOCC5)c3C2=O)C(=O)N1. The highest BCUT2D eigenvalue weighted by Crippen LogP contribution is 2.39. The van der Waals surface area contributed by atoms with E-state index < -0.39 is 23.8 Å². The number of ether oxygens (including phenoxy) is 1. The van der Waals surface area contributed by atoms with Crippen molar-refractivity contribution < 1.29 is 23.9 Å². The minimum Gasteiger partial charge on any atom is -0.381 e. The second kappa shape index (κ2) is 7.81. The molecule has 0 saturated carbocycles. The quantitative estimate of drug-likeness (QED) is 0.565. The first-order chi connectivity index (χ1) is 15.0. The van der Waals surface area contributed by atoms with Crippen LogP contribution in [0.5, 0.6) is 0 Å². The van der Waals surface area contributed by atoms with E-state index in [1.54, 1.807) is 12.1 Å². The van der Waals surface area contributed by atoms with E-state index in [0.29, 0.717) is 23.7 Å². The summed E-state index contributed by atoms with van der Waals surface area (Å²) in [7, 11) is 0. The molecule has 4 aliphatic rings. The van der Waals surface area contributed by atoms with Crippen molar-refractivity contribution in [1.29, 1.82) is 0 Å². The van der Waals surface area contributed by atoms with E-state index in [2.05, 4.69) is 16.0 Å². The van der Waals surface area contributed by atoms with Gasteiger partial charge < -0.3 is 15.4 Å². The first kappa shape index (κ1) is 20.3. The number of benzene rings is 1. The second-order valence-corrected chi connectivity index (χ2v) is 8.83. The Morgan fingerprint density at radius 1 is 1.13 bits per heavy atom. The summed E-state index contributed by atoms with van der Waals surface area (Å²) in [5, 5.41) is 9.16. The summed E-state index contributed by atoms with van der Waals surface area (Å²) in [6, 6.07) is 4.64. The predicted molar refractivity (Wildman–Crippen MR) is 109 cm³/mol. The number of nitrogens with zero attached hydrogens (tertiary/aromatic N) is 1. The third-order valence-corrected chi connectivity index (χ3v) is 7.15. The number of piperidine rings is 1. The maximum Gasteiger partial charge on any atom is 0.262 e. The molecule has 3 fully saturated rings. The fraction of sp³-hybridized carbons (Fsp3) is 0.545. The largest absolute Gasteiger partial charge is 0.381 e. The number of nitrogens with one attached hydrogen (secondary N) is 3. The maximum atomic E-state index is 13.1. The molecule has 5 rings (SSSR count). The van der Waals surface area contributed by atoms with Crippen LogP contribution in [0.2, 0.25) is 0 Å². The molecule has 4 amide bonds. The average Bonchev–Trinajstić information content (AvgIpc) is 3.02. The molecule has 0 aromatic heterocycles. The molecule has 3 saturated heterocycles. The summed E-state index contributed by atoms with van der Waals surface area (Å²) in [5.41, 5.74) is 1.70. The molecule has 0 aliphatic carbocycles. The number of hydrogen-bond acceptors (Lipinski definition) is 7. The van der Waals surface area contributed by atoms with Crippen LogP contribution >= 0.6 is 0 Å². The highest BCUT2D eigenvalue weighted by molar-refractivity contribution is 6.24. The standard InChI is InChI=1S/C22H26N4O5/c27-17-5-4-15(19(28)25-17)26-20(29)14-3-1-2-13(18(14)21(26)30)10-23-11-16-22(12-24-16)6-8-31-9-7-22/h1-3,15-16,23-24H,4-12H2,(H,25,27,28). The van der Waals surface area contributed by atoms with Crippen LogP contribution in [0.15, 0.2) is 18.2 Å².